The highest BCUT2D eigenvalue weighted by atomic mass is 19.1. The molecule has 1 aliphatic heterocycles. The fraction of sp³-hybridized carbons (Fsp3) is 0.412. The molecule has 0 amide bonds. The van der Waals surface area contributed by atoms with Crippen molar-refractivity contribution in [3.63, 3.8) is 0 Å². The molecule has 2 rings (SSSR count). The lowest BCUT2D eigenvalue weighted by Crippen LogP contribution is -2.28. The fourth-order valence-corrected chi connectivity index (χ4v) is 5.28. The van der Waals surface area contributed by atoms with Crippen LogP contribution in [-0.2, 0) is 5.41 Å². The Bertz CT molecular complexity index is 1180. The first-order chi connectivity index (χ1) is 17.6. The van der Waals surface area contributed by atoms with Crippen molar-refractivity contribution in [3.05, 3.63) is 107 Å². The van der Waals surface area contributed by atoms with E-state index in [1.54, 1.807) is 19.3 Å². The van der Waals surface area contributed by atoms with Crippen molar-refractivity contribution in [2.24, 2.45) is 4.99 Å². The highest BCUT2D eigenvalue weighted by Gasteiger charge is 2.33. The Morgan fingerprint density at radius 2 is 1.84 bits per heavy atom. The van der Waals surface area contributed by atoms with Gasteiger partial charge in [-0.25, -0.2) is 9.38 Å². The monoisotopic (exact) mass is 500 g/mol. The SMILES string of the molecule is C=C=C(C)C(CCC)(CCC)c1ccc(C(=C)/C=C2/N=CN(/C(C=C)=C/CC(C)F)C(C)=C2C)cc1C. The molecule has 1 aromatic carbocycles. The lowest BCUT2D eigenvalue weighted by Gasteiger charge is -2.36. The molecule has 0 bridgehead atoms. The third kappa shape index (κ3) is 6.79. The number of alkyl halides is 1. The highest BCUT2D eigenvalue weighted by Crippen LogP contribution is 2.42. The van der Waals surface area contributed by atoms with Crippen LogP contribution >= 0.6 is 0 Å². The summed E-state index contributed by atoms with van der Waals surface area (Å²) in [6.45, 7) is 26.8. The molecule has 0 saturated carbocycles. The summed E-state index contributed by atoms with van der Waals surface area (Å²) < 4.78 is 13.4. The van der Waals surface area contributed by atoms with Crippen LogP contribution in [0.4, 0.5) is 4.39 Å². The normalized spacial score (nSPS) is 16.2. The van der Waals surface area contributed by atoms with Gasteiger partial charge in [-0.2, -0.15) is 0 Å². The fourth-order valence-electron chi connectivity index (χ4n) is 5.28. The van der Waals surface area contributed by atoms with Gasteiger partial charge in [0.1, 0.15) is 6.17 Å². The zero-order valence-electron chi connectivity index (χ0n) is 24.0. The van der Waals surface area contributed by atoms with Gasteiger partial charge in [-0.1, -0.05) is 70.7 Å². The molecule has 1 aromatic rings. The Hall–Kier alpha value is -3.16. The first-order valence-corrected chi connectivity index (χ1v) is 13.4. The van der Waals surface area contributed by atoms with Gasteiger partial charge in [-0.15, -0.1) is 5.73 Å². The van der Waals surface area contributed by atoms with Crippen LogP contribution in [0.15, 0.2) is 95.1 Å². The van der Waals surface area contributed by atoms with Gasteiger partial charge in [0, 0.05) is 16.8 Å². The van der Waals surface area contributed by atoms with E-state index in [1.165, 1.54) is 16.7 Å². The topological polar surface area (TPSA) is 15.6 Å². The molecular weight excluding hydrogens is 455 g/mol. The lowest BCUT2D eigenvalue weighted by atomic mass is 9.67. The molecule has 0 saturated heterocycles. The van der Waals surface area contributed by atoms with E-state index in [1.807, 2.05) is 24.0 Å². The number of allylic oxidation sites excluding steroid dienone is 7. The second-order valence-corrected chi connectivity index (χ2v) is 10.1. The maximum atomic E-state index is 13.4. The van der Waals surface area contributed by atoms with Crippen LogP contribution in [0.3, 0.4) is 0 Å². The second kappa shape index (κ2) is 13.4. The molecule has 0 N–H and O–H groups in total. The molecular formula is C34H45FN2. The van der Waals surface area contributed by atoms with Gasteiger partial charge in [-0.3, -0.25) is 0 Å². The van der Waals surface area contributed by atoms with Crippen molar-refractivity contribution in [1.29, 1.82) is 0 Å². The Kier molecular flexibility index (Phi) is 10.9. The standard InChI is InChI=1S/C34H45FN2/c1-11-19-34(20-12-2,26(7)13-3)32-18-16-30(21-25(32)6)24(5)22-33-28(9)29(10)37(23-36-33)31(14-4)17-15-27(8)35/h14,16-18,21-23,27H,3-5,11-12,15,19-20H2,1-2,6-10H3/b31-17+,33-22+. The summed E-state index contributed by atoms with van der Waals surface area (Å²) in [5.74, 6) is 0. The Morgan fingerprint density at radius 1 is 1.19 bits per heavy atom. The van der Waals surface area contributed by atoms with E-state index in [0.717, 1.165) is 59.5 Å². The minimum atomic E-state index is -0.901. The maximum Gasteiger partial charge on any atom is 0.101 e. The van der Waals surface area contributed by atoms with Crippen LogP contribution < -0.4 is 0 Å². The molecule has 1 aliphatic rings. The summed E-state index contributed by atoms with van der Waals surface area (Å²) in [4.78, 5) is 6.67. The summed E-state index contributed by atoms with van der Waals surface area (Å²) >= 11 is 0. The first-order valence-electron chi connectivity index (χ1n) is 13.4. The number of benzene rings is 1. The molecule has 1 atom stereocenters. The number of hydrogen-bond acceptors (Lipinski definition) is 2. The van der Waals surface area contributed by atoms with E-state index < -0.39 is 6.17 Å². The molecule has 0 aliphatic carbocycles. The number of aliphatic imine (C=N–C) groups is 1. The zero-order chi connectivity index (χ0) is 27.8. The number of hydrogen-bond donors (Lipinski definition) is 0. The smallest absolute Gasteiger partial charge is 0.101 e. The Balaban J connectivity index is 2.42. The van der Waals surface area contributed by atoms with Crippen LogP contribution in [0.25, 0.3) is 5.57 Å². The third-order valence-electron chi connectivity index (χ3n) is 7.50. The zero-order valence-corrected chi connectivity index (χ0v) is 24.0. The maximum absolute atomic E-state index is 13.4. The lowest BCUT2D eigenvalue weighted by molar-refractivity contribution is 0.364. The minimum Gasteiger partial charge on any atom is -0.305 e. The van der Waals surface area contributed by atoms with E-state index in [0.29, 0.717) is 6.42 Å². The minimum absolute atomic E-state index is 0.0302. The van der Waals surface area contributed by atoms with Gasteiger partial charge in [0.15, 0.2) is 0 Å². The molecule has 2 nitrogen and oxygen atoms in total. The van der Waals surface area contributed by atoms with Gasteiger partial charge < -0.3 is 4.90 Å². The van der Waals surface area contributed by atoms with Gasteiger partial charge in [0.25, 0.3) is 0 Å². The average Bonchev–Trinajstić information content (AvgIpc) is 2.87. The number of halogens is 1. The van der Waals surface area contributed by atoms with Crippen LogP contribution in [0.2, 0.25) is 0 Å². The van der Waals surface area contributed by atoms with Crippen LogP contribution in [0.5, 0.6) is 0 Å². The third-order valence-corrected chi connectivity index (χ3v) is 7.50. The van der Waals surface area contributed by atoms with Gasteiger partial charge in [0.2, 0.25) is 0 Å². The molecule has 37 heavy (non-hydrogen) atoms. The molecule has 3 heteroatoms. The van der Waals surface area contributed by atoms with Gasteiger partial charge in [-0.05, 0) is 99.4 Å². The van der Waals surface area contributed by atoms with Crippen LogP contribution in [0.1, 0.15) is 90.3 Å². The van der Waals surface area contributed by atoms with E-state index in [2.05, 4.69) is 78.3 Å². The van der Waals surface area contributed by atoms with Crippen LogP contribution in [-0.4, -0.2) is 17.4 Å². The molecule has 1 unspecified atom stereocenters. The van der Waals surface area contributed by atoms with E-state index >= 15 is 0 Å². The van der Waals surface area contributed by atoms with Crippen molar-refractivity contribution >= 4 is 11.9 Å². The summed E-state index contributed by atoms with van der Waals surface area (Å²) in [6.07, 6.45) is 11.2. The van der Waals surface area contributed by atoms with E-state index in [-0.39, 0.29) is 5.41 Å². The Morgan fingerprint density at radius 3 is 2.35 bits per heavy atom. The quantitative estimate of drug-likeness (QED) is 0.206. The summed E-state index contributed by atoms with van der Waals surface area (Å²) in [5, 5.41) is 0. The molecule has 0 aromatic heterocycles. The van der Waals surface area contributed by atoms with Crippen molar-refractivity contribution < 1.29 is 4.39 Å². The largest absolute Gasteiger partial charge is 0.305 e. The van der Waals surface area contributed by atoms with Crippen molar-refractivity contribution in [3.8, 4) is 0 Å². The van der Waals surface area contributed by atoms with Crippen molar-refractivity contribution in [2.75, 3.05) is 0 Å². The predicted molar refractivity (Wildman–Crippen MR) is 160 cm³/mol. The number of nitrogens with zero attached hydrogens (tertiary/aromatic N) is 2. The summed E-state index contributed by atoms with van der Waals surface area (Å²) in [6, 6.07) is 6.69. The van der Waals surface area contributed by atoms with Crippen LogP contribution in [0, 0.1) is 6.92 Å². The molecule has 1 heterocycles. The number of aryl methyl sites for hydroxylation is 1. The van der Waals surface area contributed by atoms with Gasteiger partial charge >= 0.3 is 0 Å². The average molecular weight is 501 g/mol. The van der Waals surface area contributed by atoms with Gasteiger partial charge in [0.05, 0.1) is 12.0 Å². The van der Waals surface area contributed by atoms with Crippen molar-refractivity contribution in [2.45, 2.75) is 92.2 Å². The molecule has 0 fully saturated rings. The molecule has 0 radical (unpaired) electrons. The number of rotatable bonds is 12. The predicted octanol–water partition coefficient (Wildman–Crippen LogP) is 9.92. The molecule has 198 valence electrons. The van der Waals surface area contributed by atoms with E-state index in [4.69, 9.17) is 4.99 Å². The Labute approximate surface area is 225 Å². The summed E-state index contributed by atoms with van der Waals surface area (Å²) in [7, 11) is 0. The second-order valence-electron chi connectivity index (χ2n) is 10.1. The highest BCUT2D eigenvalue weighted by molar-refractivity contribution is 5.77. The summed E-state index contributed by atoms with van der Waals surface area (Å²) in [5.41, 5.74) is 12.8. The van der Waals surface area contributed by atoms with E-state index in [9.17, 15) is 4.39 Å². The van der Waals surface area contributed by atoms with Crippen molar-refractivity contribution in [1.82, 2.24) is 4.90 Å². The first kappa shape index (κ1) is 30.1. The molecule has 0 spiro atoms.